The summed E-state index contributed by atoms with van der Waals surface area (Å²) in [5.41, 5.74) is 0.998. The fraction of sp³-hybridized carbons (Fsp3) is 0.571. The van der Waals surface area contributed by atoms with Crippen molar-refractivity contribution in [1.29, 1.82) is 0 Å². The summed E-state index contributed by atoms with van der Waals surface area (Å²) >= 11 is 3.54. The highest BCUT2D eigenvalue weighted by molar-refractivity contribution is 9.10. The molecule has 20 heavy (non-hydrogen) atoms. The zero-order valence-corrected chi connectivity index (χ0v) is 13.1. The molecule has 1 unspecified atom stereocenters. The highest BCUT2D eigenvalue weighted by Gasteiger charge is 2.23. The molecule has 0 bridgehead atoms. The number of hydrogen-bond donors (Lipinski definition) is 1. The third-order valence-electron chi connectivity index (χ3n) is 3.98. The monoisotopic (exact) mass is 338 g/mol. The van der Waals surface area contributed by atoms with Crippen LogP contribution in [0, 0.1) is 5.92 Å². The Balaban J connectivity index is 1.85. The molecule has 2 aromatic heterocycles. The molecule has 1 N–H and O–H groups in total. The lowest BCUT2D eigenvalue weighted by Crippen LogP contribution is -2.33. The molecule has 0 aromatic carbocycles. The van der Waals surface area contributed by atoms with Crippen LogP contribution in [0.2, 0.25) is 0 Å². The zero-order valence-electron chi connectivity index (χ0n) is 11.6. The van der Waals surface area contributed by atoms with Gasteiger partial charge in [-0.3, -0.25) is 0 Å². The van der Waals surface area contributed by atoms with Gasteiger partial charge in [-0.1, -0.05) is 6.92 Å². The molecule has 0 radical (unpaired) electrons. The predicted octanol–water partition coefficient (Wildman–Crippen LogP) is 3.11. The number of aromatic nitrogens is 3. The predicted molar refractivity (Wildman–Crippen MR) is 81.9 cm³/mol. The number of nitrogens with zero attached hydrogens (tertiary/aromatic N) is 3. The van der Waals surface area contributed by atoms with Gasteiger partial charge in [0.05, 0.1) is 10.7 Å². The van der Waals surface area contributed by atoms with Gasteiger partial charge in [0.1, 0.15) is 5.52 Å². The van der Waals surface area contributed by atoms with E-state index in [1.54, 1.807) is 12.4 Å². The fourth-order valence-electron chi connectivity index (χ4n) is 2.86. The van der Waals surface area contributed by atoms with Crippen LogP contribution in [0.3, 0.4) is 0 Å². The summed E-state index contributed by atoms with van der Waals surface area (Å²) in [4.78, 5) is 4.49. The van der Waals surface area contributed by atoms with Crippen LogP contribution in [0.4, 0.5) is 5.82 Å². The largest absolute Gasteiger partial charge is 0.381 e. The van der Waals surface area contributed by atoms with E-state index >= 15 is 0 Å². The normalized spacial score (nSPS) is 18.3. The van der Waals surface area contributed by atoms with Crippen molar-refractivity contribution in [2.45, 2.75) is 32.2 Å². The summed E-state index contributed by atoms with van der Waals surface area (Å²) in [6.07, 6.45) is 8.77. The summed E-state index contributed by atoms with van der Waals surface area (Å²) in [6.45, 7) is 3.96. The molecule has 0 spiro atoms. The average Bonchev–Trinajstić information content (AvgIpc) is 2.88. The van der Waals surface area contributed by atoms with Crippen LogP contribution < -0.4 is 5.32 Å². The third kappa shape index (κ3) is 2.67. The van der Waals surface area contributed by atoms with Crippen molar-refractivity contribution in [2.24, 2.45) is 5.92 Å². The summed E-state index contributed by atoms with van der Waals surface area (Å²) in [6, 6.07) is 0.430. The van der Waals surface area contributed by atoms with E-state index in [0.29, 0.717) is 12.0 Å². The van der Waals surface area contributed by atoms with Crippen LogP contribution in [0.15, 0.2) is 23.1 Å². The summed E-state index contributed by atoms with van der Waals surface area (Å²) in [5.74, 6) is 1.55. The van der Waals surface area contributed by atoms with E-state index < -0.39 is 0 Å². The number of nitrogens with one attached hydrogen (secondary N) is 1. The molecule has 1 fully saturated rings. The highest BCUT2D eigenvalue weighted by Crippen LogP contribution is 2.27. The van der Waals surface area contributed by atoms with Crippen molar-refractivity contribution >= 4 is 27.3 Å². The molecule has 1 atom stereocenters. The lowest BCUT2D eigenvalue weighted by molar-refractivity contribution is 0.0602. The van der Waals surface area contributed by atoms with Crippen LogP contribution in [0.5, 0.6) is 0 Å². The summed E-state index contributed by atoms with van der Waals surface area (Å²) in [7, 11) is 0. The van der Waals surface area contributed by atoms with E-state index in [-0.39, 0.29) is 0 Å². The van der Waals surface area contributed by atoms with E-state index in [0.717, 1.165) is 48.3 Å². The molecule has 108 valence electrons. The van der Waals surface area contributed by atoms with Crippen molar-refractivity contribution in [2.75, 3.05) is 18.5 Å². The Morgan fingerprint density at radius 3 is 3.05 bits per heavy atom. The first kappa shape index (κ1) is 13.8. The van der Waals surface area contributed by atoms with Gasteiger partial charge >= 0.3 is 0 Å². The van der Waals surface area contributed by atoms with Crippen LogP contribution in [0.25, 0.3) is 5.52 Å². The Morgan fingerprint density at radius 2 is 2.30 bits per heavy atom. The lowest BCUT2D eigenvalue weighted by atomic mass is 9.90. The van der Waals surface area contributed by atoms with Gasteiger partial charge in [-0.2, -0.15) is 5.10 Å². The second-order valence-corrected chi connectivity index (χ2v) is 6.02. The number of rotatable bonds is 4. The summed E-state index contributed by atoms with van der Waals surface area (Å²) < 4.78 is 8.27. The van der Waals surface area contributed by atoms with Crippen molar-refractivity contribution in [3.05, 3.63) is 23.1 Å². The topological polar surface area (TPSA) is 51.5 Å². The van der Waals surface area contributed by atoms with Gasteiger partial charge in [0, 0.05) is 31.6 Å². The number of ether oxygens (including phenoxy) is 1. The van der Waals surface area contributed by atoms with Gasteiger partial charge in [0.25, 0.3) is 0 Å². The van der Waals surface area contributed by atoms with Gasteiger partial charge < -0.3 is 10.1 Å². The van der Waals surface area contributed by atoms with Crippen LogP contribution >= 0.6 is 15.9 Å². The molecule has 2 aromatic rings. The average molecular weight is 339 g/mol. The molecule has 0 aliphatic carbocycles. The van der Waals surface area contributed by atoms with E-state index in [4.69, 9.17) is 4.74 Å². The zero-order chi connectivity index (χ0) is 13.9. The standard InChI is InChI=1S/C14H19BrN4O/c1-2-12(10-3-7-20-8-4-10)18-14-13-11(15)9-17-19(13)6-5-16-14/h5-6,9-10,12H,2-4,7-8H2,1H3,(H,16,18). The smallest absolute Gasteiger partial charge is 0.153 e. The molecule has 5 nitrogen and oxygen atoms in total. The fourth-order valence-corrected chi connectivity index (χ4v) is 3.32. The van der Waals surface area contributed by atoms with Gasteiger partial charge in [-0.05, 0) is 41.1 Å². The van der Waals surface area contributed by atoms with Gasteiger partial charge in [0.2, 0.25) is 0 Å². The van der Waals surface area contributed by atoms with Crippen LogP contribution in [0.1, 0.15) is 26.2 Å². The van der Waals surface area contributed by atoms with Gasteiger partial charge in [0.15, 0.2) is 5.82 Å². The lowest BCUT2D eigenvalue weighted by Gasteiger charge is -2.30. The molecular weight excluding hydrogens is 320 g/mol. The van der Waals surface area contributed by atoms with Crippen molar-refractivity contribution in [3.63, 3.8) is 0 Å². The first-order valence-corrected chi connectivity index (χ1v) is 7.91. The van der Waals surface area contributed by atoms with Crippen molar-refractivity contribution in [3.8, 4) is 0 Å². The maximum absolute atomic E-state index is 5.46. The molecule has 0 saturated carbocycles. The molecule has 3 rings (SSSR count). The molecule has 1 saturated heterocycles. The number of anilines is 1. The van der Waals surface area contributed by atoms with E-state index in [2.05, 4.69) is 38.3 Å². The third-order valence-corrected chi connectivity index (χ3v) is 4.56. The summed E-state index contributed by atoms with van der Waals surface area (Å²) in [5, 5.41) is 7.91. The molecular formula is C14H19BrN4O. The minimum atomic E-state index is 0.430. The molecule has 6 heteroatoms. The first-order chi connectivity index (χ1) is 9.79. The highest BCUT2D eigenvalue weighted by atomic mass is 79.9. The number of hydrogen-bond acceptors (Lipinski definition) is 4. The quantitative estimate of drug-likeness (QED) is 0.930. The number of halogens is 1. The Labute approximate surface area is 126 Å². The number of fused-ring (bicyclic) bond motifs is 1. The SMILES string of the molecule is CCC(Nc1nccn2ncc(Br)c12)C1CCOCC1. The Bertz CT molecular complexity index is 580. The Morgan fingerprint density at radius 1 is 1.50 bits per heavy atom. The van der Waals surface area contributed by atoms with E-state index in [1.807, 2.05) is 10.7 Å². The van der Waals surface area contributed by atoms with Crippen LogP contribution in [-0.2, 0) is 4.74 Å². The van der Waals surface area contributed by atoms with Crippen molar-refractivity contribution in [1.82, 2.24) is 14.6 Å². The van der Waals surface area contributed by atoms with E-state index in [1.165, 1.54) is 0 Å². The Kier molecular flexibility index (Phi) is 4.21. The van der Waals surface area contributed by atoms with Crippen LogP contribution in [-0.4, -0.2) is 33.9 Å². The Hall–Kier alpha value is -1.14. The molecule has 0 amide bonds. The molecule has 1 aliphatic heterocycles. The minimum Gasteiger partial charge on any atom is -0.381 e. The maximum Gasteiger partial charge on any atom is 0.153 e. The maximum atomic E-state index is 5.46. The second-order valence-electron chi connectivity index (χ2n) is 5.17. The second kappa shape index (κ2) is 6.10. The molecule has 3 heterocycles. The van der Waals surface area contributed by atoms with E-state index in [9.17, 15) is 0 Å². The van der Waals surface area contributed by atoms with Crippen molar-refractivity contribution < 1.29 is 4.74 Å². The van der Waals surface area contributed by atoms with Gasteiger partial charge in [-0.25, -0.2) is 9.50 Å². The van der Waals surface area contributed by atoms with Gasteiger partial charge in [-0.15, -0.1) is 0 Å². The molecule has 1 aliphatic rings. The minimum absolute atomic E-state index is 0.430. The first-order valence-electron chi connectivity index (χ1n) is 7.11.